The third-order valence-electron chi connectivity index (χ3n) is 0.834. The minimum Gasteiger partial charge on any atom is -0.348 e. The van der Waals surface area contributed by atoms with Crippen molar-refractivity contribution < 1.29 is 8.42 Å². The minimum absolute atomic E-state index is 0.00231. The molecule has 4 nitrogen and oxygen atoms in total. The summed E-state index contributed by atoms with van der Waals surface area (Å²) < 4.78 is 20.1. The lowest BCUT2D eigenvalue weighted by Gasteiger charge is -1.81. The largest absolute Gasteiger partial charge is 0.348 e. The fourth-order valence-electron chi connectivity index (χ4n) is 0.507. The van der Waals surface area contributed by atoms with Crippen LogP contribution in [-0.4, -0.2) is 18.4 Å². The highest BCUT2D eigenvalue weighted by Crippen LogP contribution is 1.88. The summed E-state index contributed by atoms with van der Waals surface area (Å²) in [5.41, 5.74) is 0. The van der Waals surface area contributed by atoms with Gasteiger partial charge in [0.1, 0.15) is 22.3 Å². The van der Waals surface area contributed by atoms with E-state index in [2.05, 4.69) is 9.97 Å². The number of rotatable bonds is 2. The fraction of sp³-hybridized carbons (Fsp3) is 0.250. The lowest BCUT2D eigenvalue weighted by atomic mass is 10.7. The van der Waals surface area contributed by atoms with Crippen LogP contribution in [0.25, 0.3) is 0 Å². The molecule has 50 valence electrons. The molecule has 0 aromatic carbocycles. The van der Waals surface area contributed by atoms with E-state index >= 15 is 0 Å². The van der Waals surface area contributed by atoms with E-state index in [9.17, 15) is 8.42 Å². The topological polar surface area (TPSA) is 62.8 Å². The molecule has 1 rings (SSSR count). The first-order chi connectivity index (χ1) is 4.29. The summed E-state index contributed by atoms with van der Waals surface area (Å²) in [6.07, 6.45) is 3.11. The molecular weight excluding hydrogens is 140 g/mol. The van der Waals surface area contributed by atoms with Crippen molar-refractivity contribution in [3.63, 3.8) is 0 Å². The number of thiol groups is 1. The van der Waals surface area contributed by atoms with Crippen molar-refractivity contribution in [1.82, 2.24) is 9.97 Å². The summed E-state index contributed by atoms with van der Waals surface area (Å²) in [7, 11) is -2.34. The Hall–Kier alpha value is -0.840. The van der Waals surface area contributed by atoms with Crippen LogP contribution in [0.15, 0.2) is 12.4 Å². The van der Waals surface area contributed by atoms with E-state index in [0.717, 1.165) is 0 Å². The Labute approximate surface area is 53.9 Å². The van der Waals surface area contributed by atoms with E-state index in [1.807, 2.05) is 0 Å². The normalized spacial score (nSPS) is 10.3. The fourth-order valence-corrected chi connectivity index (χ4v) is 0.924. The summed E-state index contributed by atoms with van der Waals surface area (Å²) in [4.78, 5) is 6.39. The molecule has 5 heteroatoms. The maximum Gasteiger partial charge on any atom is 0.147 e. The van der Waals surface area contributed by atoms with E-state index < -0.39 is 10.7 Å². The summed E-state index contributed by atoms with van der Waals surface area (Å²) in [5.74, 6) is 0.494. The Bertz CT molecular complexity index is 231. The molecule has 0 saturated heterocycles. The van der Waals surface area contributed by atoms with Gasteiger partial charge in [0.2, 0.25) is 0 Å². The van der Waals surface area contributed by atoms with E-state index in [-0.39, 0.29) is 5.75 Å². The molecule has 0 atom stereocenters. The van der Waals surface area contributed by atoms with Crippen molar-refractivity contribution in [2.24, 2.45) is 0 Å². The van der Waals surface area contributed by atoms with Gasteiger partial charge in [-0.2, -0.15) is 0 Å². The Kier molecular flexibility index (Phi) is 1.84. The van der Waals surface area contributed by atoms with Crippen LogP contribution in [0.4, 0.5) is 0 Å². The zero-order valence-corrected chi connectivity index (χ0v) is 5.47. The van der Waals surface area contributed by atoms with Crippen molar-refractivity contribution in [2.45, 2.75) is 5.75 Å². The van der Waals surface area contributed by atoms with Gasteiger partial charge >= 0.3 is 0 Å². The highest BCUT2D eigenvalue weighted by Gasteiger charge is 1.92. The SMILES string of the molecule is O=[SH](=O)Cc1ncc[nH]1. The highest BCUT2D eigenvalue weighted by molar-refractivity contribution is 7.71. The molecule has 0 aliphatic rings. The van der Waals surface area contributed by atoms with Crippen molar-refractivity contribution in [1.29, 1.82) is 0 Å². The summed E-state index contributed by atoms with van der Waals surface area (Å²) in [5, 5.41) is 0. The zero-order valence-electron chi connectivity index (χ0n) is 4.57. The van der Waals surface area contributed by atoms with E-state index in [4.69, 9.17) is 0 Å². The van der Waals surface area contributed by atoms with Gasteiger partial charge in [0.15, 0.2) is 0 Å². The van der Waals surface area contributed by atoms with Gasteiger partial charge in [-0.3, -0.25) is 0 Å². The summed E-state index contributed by atoms with van der Waals surface area (Å²) >= 11 is 0. The van der Waals surface area contributed by atoms with Gasteiger partial charge in [-0.1, -0.05) is 0 Å². The van der Waals surface area contributed by atoms with Crippen LogP contribution in [0.5, 0.6) is 0 Å². The smallest absolute Gasteiger partial charge is 0.147 e. The molecule has 0 aliphatic heterocycles. The van der Waals surface area contributed by atoms with Crippen molar-refractivity contribution in [3.8, 4) is 0 Å². The van der Waals surface area contributed by atoms with Gasteiger partial charge in [-0.15, -0.1) is 0 Å². The Balaban J connectivity index is 2.68. The number of H-pyrrole nitrogens is 1. The summed E-state index contributed by atoms with van der Waals surface area (Å²) in [6.45, 7) is 0. The molecule has 0 fully saturated rings. The van der Waals surface area contributed by atoms with Crippen LogP contribution < -0.4 is 0 Å². The maximum absolute atomic E-state index is 10.0. The number of imidazole rings is 1. The van der Waals surface area contributed by atoms with Crippen LogP contribution in [0, 0.1) is 0 Å². The molecule has 0 radical (unpaired) electrons. The molecule has 1 heterocycles. The molecule has 1 aromatic rings. The van der Waals surface area contributed by atoms with Gasteiger partial charge in [-0.05, 0) is 0 Å². The molecule has 0 aliphatic carbocycles. The zero-order chi connectivity index (χ0) is 6.69. The molecule has 0 bridgehead atoms. The second kappa shape index (κ2) is 2.63. The Morgan fingerprint density at radius 3 is 2.89 bits per heavy atom. The molecule has 9 heavy (non-hydrogen) atoms. The average molecular weight is 146 g/mol. The van der Waals surface area contributed by atoms with E-state index in [1.54, 1.807) is 6.20 Å². The number of aromatic nitrogens is 2. The predicted octanol–water partition coefficient (Wildman–Crippen LogP) is -0.479. The number of nitrogens with one attached hydrogen (secondary N) is 1. The Morgan fingerprint density at radius 1 is 1.67 bits per heavy atom. The van der Waals surface area contributed by atoms with Gasteiger partial charge < -0.3 is 4.98 Å². The number of aromatic amines is 1. The Morgan fingerprint density at radius 2 is 2.44 bits per heavy atom. The number of hydrogen-bond donors (Lipinski definition) is 2. The second-order valence-electron chi connectivity index (χ2n) is 1.53. The van der Waals surface area contributed by atoms with Crippen LogP contribution in [-0.2, 0) is 16.5 Å². The first-order valence-corrected chi connectivity index (χ1v) is 3.75. The molecular formula is C4H6N2O2S. The first-order valence-electron chi connectivity index (χ1n) is 2.39. The van der Waals surface area contributed by atoms with Gasteiger partial charge in [0.25, 0.3) is 0 Å². The maximum atomic E-state index is 10.0. The minimum atomic E-state index is -2.34. The molecule has 0 unspecified atom stereocenters. The van der Waals surface area contributed by atoms with E-state index in [1.165, 1.54) is 6.20 Å². The second-order valence-corrected chi connectivity index (χ2v) is 2.51. The van der Waals surface area contributed by atoms with Crippen LogP contribution in [0.2, 0.25) is 0 Å². The lowest BCUT2D eigenvalue weighted by molar-refractivity contribution is 0.613. The monoisotopic (exact) mass is 146 g/mol. The van der Waals surface area contributed by atoms with Crippen LogP contribution in [0.1, 0.15) is 5.82 Å². The predicted molar refractivity (Wildman–Crippen MR) is 32.6 cm³/mol. The van der Waals surface area contributed by atoms with Gasteiger partial charge in [0, 0.05) is 12.4 Å². The quantitative estimate of drug-likeness (QED) is 0.554. The standard InChI is InChI=1S/C4H6N2O2S/c7-9(8)3-4-5-1-2-6-4/h1-2,9H,3H2,(H,5,6). The molecule has 0 spiro atoms. The van der Waals surface area contributed by atoms with Crippen molar-refractivity contribution in [2.75, 3.05) is 0 Å². The van der Waals surface area contributed by atoms with Gasteiger partial charge in [0.05, 0.1) is 0 Å². The molecule has 0 amide bonds. The average Bonchev–Trinajstić information content (AvgIpc) is 2.15. The van der Waals surface area contributed by atoms with Crippen LogP contribution >= 0.6 is 0 Å². The molecule has 1 N–H and O–H groups in total. The van der Waals surface area contributed by atoms with Gasteiger partial charge in [-0.25, -0.2) is 13.4 Å². The highest BCUT2D eigenvalue weighted by atomic mass is 32.2. The molecule has 1 aromatic heterocycles. The third kappa shape index (κ3) is 1.85. The summed E-state index contributed by atoms with van der Waals surface area (Å²) in [6, 6.07) is 0. The number of hydrogen-bond acceptors (Lipinski definition) is 3. The molecule has 0 saturated carbocycles. The number of nitrogens with zero attached hydrogens (tertiary/aromatic N) is 1. The van der Waals surface area contributed by atoms with Crippen molar-refractivity contribution in [3.05, 3.63) is 18.2 Å². The lowest BCUT2D eigenvalue weighted by Crippen LogP contribution is -1.87. The third-order valence-corrected chi connectivity index (χ3v) is 1.39. The van der Waals surface area contributed by atoms with E-state index in [0.29, 0.717) is 5.82 Å². The first kappa shape index (κ1) is 6.28. The van der Waals surface area contributed by atoms with Crippen molar-refractivity contribution >= 4 is 10.7 Å². The van der Waals surface area contributed by atoms with Crippen LogP contribution in [0.3, 0.4) is 0 Å².